The van der Waals surface area contributed by atoms with E-state index in [0.717, 1.165) is 25.7 Å². The van der Waals surface area contributed by atoms with Crippen molar-refractivity contribution in [2.45, 2.75) is 52.1 Å². The Bertz CT molecular complexity index is 407. The highest BCUT2D eigenvalue weighted by atomic mass is 16.3. The minimum absolute atomic E-state index is 0.0526. The van der Waals surface area contributed by atoms with Gasteiger partial charge in [-0.15, -0.1) is 0 Å². The number of ketones is 1. The van der Waals surface area contributed by atoms with Crippen LogP contribution in [0.4, 0.5) is 0 Å². The average molecular weight is 252 g/mol. The Kier molecular flexibility index (Phi) is 2.36. The Morgan fingerprint density at radius 1 is 1.28 bits per heavy atom. The first-order chi connectivity index (χ1) is 8.27. The van der Waals surface area contributed by atoms with Crippen molar-refractivity contribution in [3.63, 3.8) is 0 Å². The molecule has 0 saturated heterocycles. The normalized spacial score (nSPS) is 57.9. The second-order valence-corrected chi connectivity index (χ2v) is 7.58. The van der Waals surface area contributed by atoms with Gasteiger partial charge in [0.25, 0.3) is 0 Å². The maximum Gasteiger partial charge on any atom is 0.136 e. The summed E-state index contributed by atoms with van der Waals surface area (Å²) in [6.07, 6.45) is 3.64. The van der Waals surface area contributed by atoms with Crippen LogP contribution in [0.2, 0.25) is 0 Å². The van der Waals surface area contributed by atoms with E-state index in [-0.39, 0.29) is 35.1 Å². The molecule has 0 spiro atoms. The first kappa shape index (κ1) is 12.6. The molecule has 3 saturated carbocycles. The molecule has 3 nitrogen and oxygen atoms in total. The number of carbonyl (C=O) groups excluding carboxylic acids is 1. The molecule has 6 atom stereocenters. The molecule has 0 heterocycles. The lowest BCUT2D eigenvalue weighted by Crippen LogP contribution is -2.59. The van der Waals surface area contributed by atoms with E-state index >= 15 is 0 Å². The largest absolute Gasteiger partial charge is 0.396 e. The molecule has 0 unspecified atom stereocenters. The maximum atomic E-state index is 12.0. The summed E-state index contributed by atoms with van der Waals surface area (Å²) in [6, 6.07) is 0. The topological polar surface area (TPSA) is 57.5 Å². The summed E-state index contributed by atoms with van der Waals surface area (Å²) < 4.78 is 0. The summed E-state index contributed by atoms with van der Waals surface area (Å²) in [5.41, 5.74) is -0.908. The Hall–Kier alpha value is -0.410. The molecule has 3 rings (SSSR count). The lowest BCUT2D eigenvalue weighted by molar-refractivity contribution is -0.181. The highest BCUT2D eigenvalue weighted by molar-refractivity contribution is 5.81. The fourth-order valence-corrected chi connectivity index (χ4v) is 5.44. The molecule has 2 N–H and O–H groups in total. The first-order valence-corrected chi connectivity index (χ1v) is 7.11. The molecule has 3 fully saturated rings. The van der Waals surface area contributed by atoms with Gasteiger partial charge < -0.3 is 10.2 Å². The molecule has 0 aliphatic heterocycles. The first-order valence-electron chi connectivity index (χ1n) is 7.11. The van der Waals surface area contributed by atoms with E-state index in [9.17, 15) is 15.0 Å². The number of hydrogen-bond acceptors (Lipinski definition) is 3. The van der Waals surface area contributed by atoms with E-state index < -0.39 is 5.60 Å². The van der Waals surface area contributed by atoms with Crippen LogP contribution in [-0.4, -0.2) is 28.2 Å². The van der Waals surface area contributed by atoms with Crippen LogP contribution in [0.25, 0.3) is 0 Å². The van der Waals surface area contributed by atoms with Crippen LogP contribution in [0.15, 0.2) is 0 Å². The van der Waals surface area contributed by atoms with Gasteiger partial charge in [-0.3, -0.25) is 4.79 Å². The van der Waals surface area contributed by atoms with Crippen LogP contribution in [0.1, 0.15) is 46.5 Å². The van der Waals surface area contributed by atoms with E-state index in [1.54, 1.807) is 6.92 Å². The van der Waals surface area contributed by atoms with Gasteiger partial charge in [0, 0.05) is 17.9 Å². The van der Waals surface area contributed by atoms with E-state index in [1.165, 1.54) is 0 Å². The van der Waals surface area contributed by atoms with Gasteiger partial charge in [-0.25, -0.2) is 0 Å². The SMILES string of the molecule is CC(=O)[C@H]1[C@@H]2C[C@](C)(CO)C[C@@H]2[C@@]2(C)CC[C@@]12O. The van der Waals surface area contributed by atoms with E-state index in [2.05, 4.69) is 13.8 Å². The van der Waals surface area contributed by atoms with Gasteiger partial charge >= 0.3 is 0 Å². The standard InChI is InChI=1S/C15H24O3/c1-9(17)12-10-6-13(2,8-16)7-11(10)14(3)4-5-15(12,14)18/h10-12,16,18H,4-8H2,1-3H3/t10-,11+,12+,13+,14-,15-/m1/s1. The zero-order valence-corrected chi connectivity index (χ0v) is 11.6. The summed E-state index contributed by atoms with van der Waals surface area (Å²) >= 11 is 0. The van der Waals surface area contributed by atoms with Gasteiger partial charge in [0.2, 0.25) is 0 Å². The van der Waals surface area contributed by atoms with Gasteiger partial charge in [-0.1, -0.05) is 13.8 Å². The van der Waals surface area contributed by atoms with E-state index in [4.69, 9.17) is 0 Å². The highest BCUT2D eigenvalue weighted by Crippen LogP contribution is 2.73. The van der Waals surface area contributed by atoms with Gasteiger partial charge in [-0.05, 0) is 49.9 Å². The van der Waals surface area contributed by atoms with Crippen molar-refractivity contribution in [2.24, 2.45) is 28.6 Å². The smallest absolute Gasteiger partial charge is 0.136 e. The molecule has 3 heteroatoms. The average Bonchev–Trinajstić information content (AvgIpc) is 2.69. The van der Waals surface area contributed by atoms with Crippen LogP contribution >= 0.6 is 0 Å². The minimum Gasteiger partial charge on any atom is -0.396 e. The van der Waals surface area contributed by atoms with E-state index in [0.29, 0.717) is 5.92 Å². The number of fused-ring (bicyclic) bond motifs is 3. The molecular weight excluding hydrogens is 228 g/mol. The molecule has 0 bridgehead atoms. The van der Waals surface area contributed by atoms with E-state index in [1.807, 2.05) is 0 Å². The fourth-order valence-electron chi connectivity index (χ4n) is 5.44. The molecule has 0 radical (unpaired) electrons. The zero-order valence-electron chi connectivity index (χ0n) is 11.6. The van der Waals surface area contributed by atoms with Crippen molar-refractivity contribution in [3.8, 4) is 0 Å². The van der Waals surface area contributed by atoms with Crippen molar-refractivity contribution < 1.29 is 15.0 Å². The molecule has 0 amide bonds. The third kappa shape index (κ3) is 1.20. The molecule has 102 valence electrons. The van der Waals surface area contributed by atoms with Crippen molar-refractivity contribution in [2.75, 3.05) is 6.61 Å². The molecule has 0 aromatic heterocycles. The summed E-state index contributed by atoms with van der Waals surface area (Å²) in [6.45, 7) is 6.08. The monoisotopic (exact) mass is 252 g/mol. The summed E-state index contributed by atoms with van der Waals surface area (Å²) in [7, 11) is 0. The second kappa shape index (κ2) is 3.37. The van der Waals surface area contributed by atoms with Crippen LogP contribution in [0.5, 0.6) is 0 Å². The molecular formula is C15H24O3. The number of rotatable bonds is 2. The van der Waals surface area contributed by atoms with Crippen molar-refractivity contribution in [1.29, 1.82) is 0 Å². The van der Waals surface area contributed by atoms with Crippen LogP contribution < -0.4 is 0 Å². The summed E-state index contributed by atoms with van der Waals surface area (Å²) in [5.74, 6) is 0.618. The number of aliphatic hydroxyl groups is 2. The van der Waals surface area contributed by atoms with Crippen LogP contribution in [0.3, 0.4) is 0 Å². The predicted octanol–water partition coefficient (Wildman–Crippen LogP) is 1.76. The zero-order chi connectivity index (χ0) is 13.3. The number of aliphatic hydroxyl groups excluding tert-OH is 1. The van der Waals surface area contributed by atoms with Crippen molar-refractivity contribution in [3.05, 3.63) is 0 Å². The van der Waals surface area contributed by atoms with Gasteiger partial charge in [0.1, 0.15) is 5.78 Å². The number of Topliss-reactive ketones (excluding diaryl/α,β-unsaturated/α-hetero) is 1. The Labute approximate surface area is 109 Å². The molecule has 0 aromatic rings. The minimum atomic E-state index is -0.759. The fraction of sp³-hybridized carbons (Fsp3) is 0.933. The Morgan fingerprint density at radius 3 is 2.39 bits per heavy atom. The maximum absolute atomic E-state index is 12.0. The predicted molar refractivity (Wildman–Crippen MR) is 67.9 cm³/mol. The Morgan fingerprint density at radius 2 is 1.94 bits per heavy atom. The van der Waals surface area contributed by atoms with Crippen molar-refractivity contribution in [1.82, 2.24) is 0 Å². The molecule has 3 aliphatic rings. The second-order valence-electron chi connectivity index (χ2n) is 7.58. The highest BCUT2D eigenvalue weighted by Gasteiger charge is 2.74. The third-order valence-electron chi connectivity index (χ3n) is 6.55. The van der Waals surface area contributed by atoms with Crippen LogP contribution in [0, 0.1) is 28.6 Å². The number of carbonyl (C=O) groups is 1. The van der Waals surface area contributed by atoms with Gasteiger partial charge in [-0.2, -0.15) is 0 Å². The van der Waals surface area contributed by atoms with Crippen LogP contribution in [-0.2, 0) is 4.79 Å². The van der Waals surface area contributed by atoms with Crippen molar-refractivity contribution >= 4 is 5.78 Å². The number of hydrogen-bond donors (Lipinski definition) is 2. The lowest BCUT2D eigenvalue weighted by atomic mass is 9.53. The van der Waals surface area contributed by atoms with Gasteiger partial charge in [0.15, 0.2) is 0 Å². The molecule has 0 aromatic carbocycles. The molecule has 3 aliphatic carbocycles. The lowest BCUT2D eigenvalue weighted by Gasteiger charge is -2.55. The van der Waals surface area contributed by atoms with Gasteiger partial charge in [0.05, 0.1) is 5.60 Å². The summed E-state index contributed by atoms with van der Waals surface area (Å²) in [5, 5.41) is 20.5. The summed E-state index contributed by atoms with van der Waals surface area (Å²) in [4.78, 5) is 12.0. The quantitative estimate of drug-likeness (QED) is 0.787. The Balaban J connectivity index is 2.00. The third-order valence-corrected chi connectivity index (χ3v) is 6.55. The molecule has 18 heavy (non-hydrogen) atoms.